The number of carbonyl (C=O) groups is 4. The number of hydrogen-bond acceptors (Lipinski definition) is 9. The van der Waals surface area contributed by atoms with Crippen molar-refractivity contribution in [2.75, 3.05) is 31.7 Å². The van der Waals surface area contributed by atoms with Crippen LogP contribution in [0.4, 0.5) is 11.4 Å². The van der Waals surface area contributed by atoms with Gasteiger partial charge in [0, 0.05) is 28.6 Å². The number of allylic oxidation sites excluding steroid dienone is 2. The minimum absolute atomic E-state index is 0.0491. The van der Waals surface area contributed by atoms with E-state index in [1.165, 1.54) is 38.4 Å². The second-order valence-electron chi connectivity index (χ2n) is 14.5. The fourth-order valence-electron chi connectivity index (χ4n) is 9.46. The zero-order valence-corrected chi connectivity index (χ0v) is 32.6. The first kappa shape index (κ1) is 37.4. The number of benzene rings is 4. The van der Waals surface area contributed by atoms with Gasteiger partial charge in [-0.15, -0.1) is 0 Å². The molecule has 2 aliphatic heterocycles. The van der Waals surface area contributed by atoms with Gasteiger partial charge in [0.1, 0.15) is 23.0 Å². The van der Waals surface area contributed by atoms with Gasteiger partial charge in [-0.25, -0.2) is 0 Å². The standard InChI is InChI=1S/C43H39Cl2N3O8/c1-5-22-6-11-25(12-7-22)47-39(50)29-16-15-28-30(36(29)41(47)52)21-31-40(51)48(46-33-17-10-24(44)18-32(33)45)42(53)43(31,23-8-13-26(54-2)14-9-23)38(28)37-34(49)19-27(55-3)20-35(37)56-4/h6-15,17-20,29-31,36,38,46,49H,5,16,21H2,1-4H3. The van der Waals surface area contributed by atoms with Crippen LogP contribution in [0, 0.1) is 23.7 Å². The van der Waals surface area contributed by atoms with Crippen LogP contribution in [-0.2, 0) is 31.0 Å². The van der Waals surface area contributed by atoms with Crippen LogP contribution < -0.4 is 24.5 Å². The number of nitrogens with zero attached hydrogens (tertiary/aromatic N) is 2. The maximum absolute atomic E-state index is 15.6. The molecule has 4 aromatic carbocycles. The van der Waals surface area contributed by atoms with Crippen LogP contribution in [-0.4, -0.2) is 55.1 Å². The van der Waals surface area contributed by atoms with Crippen LogP contribution in [0.3, 0.4) is 0 Å². The lowest BCUT2D eigenvalue weighted by atomic mass is 9.49. The Balaban J connectivity index is 1.36. The van der Waals surface area contributed by atoms with Gasteiger partial charge in [0.05, 0.1) is 60.9 Å². The van der Waals surface area contributed by atoms with Crippen LogP contribution in [0.5, 0.6) is 23.0 Å². The summed E-state index contributed by atoms with van der Waals surface area (Å²) in [5, 5.41) is 13.5. The lowest BCUT2D eigenvalue weighted by molar-refractivity contribution is -0.138. The van der Waals surface area contributed by atoms with Crippen LogP contribution in [0.25, 0.3) is 0 Å². The molecule has 1 saturated carbocycles. The molecule has 0 aromatic heterocycles. The van der Waals surface area contributed by atoms with Crippen molar-refractivity contribution in [3.8, 4) is 23.0 Å². The summed E-state index contributed by atoms with van der Waals surface area (Å²) in [5.41, 5.74) is 4.44. The normalized spacial score (nSPS) is 25.4. The molecule has 4 aromatic rings. The number of methoxy groups -OCH3 is 3. The maximum atomic E-state index is 15.6. The Bertz CT molecular complexity index is 2310. The largest absolute Gasteiger partial charge is 0.507 e. The fraction of sp³-hybridized carbons (Fsp3) is 0.302. The molecule has 6 unspecified atom stereocenters. The molecule has 2 heterocycles. The first-order chi connectivity index (χ1) is 27.0. The summed E-state index contributed by atoms with van der Waals surface area (Å²) in [4.78, 5) is 60.8. The van der Waals surface area contributed by atoms with Gasteiger partial charge >= 0.3 is 0 Å². The Morgan fingerprint density at radius 3 is 2.18 bits per heavy atom. The van der Waals surface area contributed by atoms with E-state index in [0.29, 0.717) is 33.3 Å². The van der Waals surface area contributed by atoms with Gasteiger partial charge in [0.15, 0.2) is 0 Å². The number of fused-ring (bicyclic) bond motifs is 4. The van der Waals surface area contributed by atoms with Crippen LogP contribution in [0.2, 0.25) is 10.0 Å². The number of imide groups is 2. The summed E-state index contributed by atoms with van der Waals surface area (Å²) in [6.07, 6.45) is 2.97. The lowest BCUT2D eigenvalue weighted by Gasteiger charge is -2.50. The first-order valence-electron chi connectivity index (χ1n) is 18.3. The summed E-state index contributed by atoms with van der Waals surface area (Å²) in [6, 6.07) is 22.0. The van der Waals surface area contributed by atoms with Crippen molar-refractivity contribution < 1.29 is 38.5 Å². The van der Waals surface area contributed by atoms with Crippen LogP contribution in [0.15, 0.2) is 90.5 Å². The maximum Gasteiger partial charge on any atom is 0.260 e. The highest BCUT2D eigenvalue weighted by molar-refractivity contribution is 6.36. The molecule has 4 amide bonds. The van der Waals surface area contributed by atoms with E-state index in [0.717, 1.165) is 17.0 Å². The lowest BCUT2D eigenvalue weighted by Crippen LogP contribution is -2.53. The van der Waals surface area contributed by atoms with Crippen molar-refractivity contribution in [3.05, 3.63) is 117 Å². The number of anilines is 2. The van der Waals surface area contributed by atoms with Gasteiger partial charge in [-0.2, -0.15) is 5.01 Å². The minimum Gasteiger partial charge on any atom is -0.507 e. The van der Waals surface area contributed by atoms with Gasteiger partial charge in [0.25, 0.3) is 11.8 Å². The number of hydrazine groups is 1. The van der Waals surface area contributed by atoms with E-state index in [1.807, 2.05) is 25.1 Å². The third-order valence-electron chi connectivity index (χ3n) is 12.0. The van der Waals surface area contributed by atoms with Crippen molar-refractivity contribution in [2.45, 2.75) is 37.5 Å². The Morgan fingerprint density at radius 1 is 0.821 bits per heavy atom. The number of rotatable bonds is 9. The van der Waals surface area contributed by atoms with Gasteiger partial charge in [-0.1, -0.05) is 66.0 Å². The molecule has 0 bridgehead atoms. The van der Waals surface area contributed by atoms with Gasteiger partial charge in [-0.3, -0.25) is 29.5 Å². The zero-order valence-electron chi connectivity index (χ0n) is 31.0. The van der Waals surface area contributed by atoms with E-state index in [1.54, 1.807) is 54.6 Å². The second kappa shape index (κ2) is 14.2. The highest BCUT2D eigenvalue weighted by Crippen LogP contribution is 2.66. The van der Waals surface area contributed by atoms with Crippen molar-refractivity contribution in [1.29, 1.82) is 0 Å². The number of amides is 4. The molecule has 0 spiro atoms. The first-order valence-corrected chi connectivity index (χ1v) is 19.1. The molecule has 288 valence electrons. The van der Waals surface area contributed by atoms with Crippen LogP contribution >= 0.6 is 23.2 Å². The van der Waals surface area contributed by atoms with E-state index < -0.39 is 46.8 Å². The average molecular weight is 797 g/mol. The molecule has 3 fully saturated rings. The second-order valence-corrected chi connectivity index (χ2v) is 15.4. The van der Waals surface area contributed by atoms with Crippen molar-refractivity contribution in [1.82, 2.24) is 5.01 Å². The number of nitrogens with one attached hydrogen (secondary N) is 1. The van der Waals surface area contributed by atoms with Crippen molar-refractivity contribution in [2.24, 2.45) is 23.7 Å². The van der Waals surface area contributed by atoms with E-state index >= 15 is 9.59 Å². The Kier molecular flexibility index (Phi) is 9.49. The smallest absolute Gasteiger partial charge is 0.260 e. The number of aryl methyl sites for hydroxylation is 1. The number of phenols is 1. The molecule has 11 nitrogen and oxygen atoms in total. The number of phenolic OH excluding ortho intramolecular Hbond substituents is 1. The molecule has 8 rings (SSSR count). The van der Waals surface area contributed by atoms with Crippen LogP contribution in [0.1, 0.15) is 42.4 Å². The summed E-state index contributed by atoms with van der Waals surface area (Å²) < 4.78 is 16.9. The quantitative estimate of drug-likeness (QED) is 0.131. The summed E-state index contributed by atoms with van der Waals surface area (Å²) in [5.74, 6) is -5.44. The zero-order chi connectivity index (χ0) is 39.6. The van der Waals surface area contributed by atoms with E-state index in [9.17, 15) is 14.7 Å². The fourth-order valence-corrected chi connectivity index (χ4v) is 9.91. The molecule has 2 aliphatic carbocycles. The third kappa shape index (κ3) is 5.54. The number of halogens is 2. The molecule has 56 heavy (non-hydrogen) atoms. The van der Waals surface area contributed by atoms with E-state index in [2.05, 4.69) is 5.43 Å². The molecular formula is C43H39Cl2N3O8. The average Bonchev–Trinajstić information content (AvgIpc) is 3.59. The van der Waals surface area contributed by atoms with Crippen molar-refractivity contribution in [3.63, 3.8) is 0 Å². The molecule has 6 atom stereocenters. The molecule has 13 heteroatoms. The molecule has 0 radical (unpaired) electrons. The highest BCUT2D eigenvalue weighted by atomic mass is 35.5. The number of hydrogen-bond donors (Lipinski definition) is 2. The SMILES string of the molecule is CCc1ccc(N2C(=O)C3CC=C4C(CC5C(=O)N(Nc6ccc(Cl)cc6Cl)C(=O)C5(c5ccc(OC)cc5)C4c4c(O)cc(OC)cc4OC)C3C2=O)cc1. The summed E-state index contributed by atoms with van der Waals surface area (Å²) in [7, 11) is 4.43. The number of carbonyl (C=O) groups excluding carboxylic acids is 4. The Hall–Kier alpha value is -5.52. The van der Waals surface area contributed by atoms with Gasteiger partial charge in [-0.05, 0) is 78.8 Å². The minimum atomic E-state index is -1.70. The molecule has 2 saturated heterocycles. The van der Waals surface area contributed by atoms with E-state index in [4.69, 9.17) is 37.4 Å². The van der Waals surface area contributed by atoms with Gasteiger partial charge in [0.2, 0.25) is 11.8 Å². The summed E-state index contributed by atoms with van der Waals surface area (Å²) in [6.45, 7) is 2.03. The summed E-state index contributed by atoms with van der Waals surface area (Å²) >= 11 is 12.8. The monoisotopic (exact) mass is 795 g/mol. The topological polar surface area (TPSA) is 135 Å². The molecule has 2 N–H and O–H groups in total. The van der Waals surface area contributed by atoms with E-state index in [-0.39, 0.29) is 52.4 Å². The predicted octanol–water partition coefficient (Wildman–Crippen LogP) is 7.48. The number of ether oxygens (including phenoxy) is 3. The van der Waals surface area contributed by atoms with Gasteiger partial charge < -0.3 is 19.3 Å². The predicted molar refractivity (Wildman–Crippen MR) is 210 cm³/mol. The Morgan fingerprint density at radius 2 is 1.54 bits per heavy atom. The number of aromatic hydroxyl groups is 1. The third-order valence-corrected chi connectivity index (χ3v) is 12.6. The molecule has 4 aliphatic rings. The highest BCUT2D eigenvalue weighted by Gasteiger charge is 2.71. The molecular weight excluding hydrogens is 757 g/mol. The Labute approximate surface area is 333 Å². The van der Waals surface area contributed by atoms with Crippen molar-refractivity contribution >= 4 is 58.2 Å².